The third-order valence-corrected chi connectivity index (χ3v) is 6.15. The Morgan fingerprint density at radius 3 is 2.67 bits per heavy atom. The molecule has 0 bridgehead atoms. The Morgan fingerprint density at radius 1 is 1.22 bits per heavy atom. The molecule has 1 fully saturated rings. The number of esters is 1. The predicted octanol–water partition coefficient (Wildman–Crippen LogP) is 4.10. The molecule has 0 unspecified atom stereocenters. The van der Waals surface area contributed by atoms with Crippen molar-refractivity contribution in [2.24, 2.45) is 11.3 Å². The Balaban J connectivity index is 1.68. The first-order chi connectivity index (χ1) is 13.0. The number of amides is 1. The summed E-state index contributed by atoms with van der Waals surface area (Å²) in [6.45, 7) is 4.45. The number of fused-ring (bicyclic) bond motifs is 1. The predicted molar refractivity (Wildman–Crippen MR) is 108 cm³/mol. The molecule has 1 aromatic carbocycles. The summed E-state index contributed by atoms with van der Waals surface area (Å²) in [5.74, 6) is -0.113. The van der Waals surface area contributed by atoms with E-state index in [1.807, 2.05) is 32.0 Å². The maximum Gasteiger partial charge on any atom is 0.313 e. The van der Waals surface area contributed by atoms with Crippen molar-refractivity contribution in [2.45, 2.75) is 52.4 Å². The third-order valence-electron chi connectivity index (χ3n) is 5.11. The summed E-state index contributed by atoms with van der Waals surface area (Å²) < 4.78 is 6.59. The van der Waals surface area contributed by atoms with Gasteiger partial charge in [-0.05, 0) is 30.9 Å². The lowest BCUT2D eigenvalue weighted by Crippen LogP contribution is -2.39. The van der Waals surface area contributed by atoms with E-state index in [0.29, 0.717) is 18.9 Å². The summed E-state index contributed by atoms with van der Waals surface area (Å²) in [7, 11) is 0. The Labute approximate surface area is 164 Å². The Hall–Kier alpha value is -1.95. The fourth-order valence-corrected chi connectivity index (χ4v) is 4.73. The van der Waals surface area contributed by atoms with Gasteiger partial charge in [0.25, 0.3) is 5.91 Å². The summed E-state index contributed by atoms with van der Waals surface area (Å²) in [5, 5.41) is 3.77. The van der Waals surface area contributed by atoms with Gasteiger partial charge in [-0.3, -0.25) is 9.59 Å². The maximum atomic E-state index is 13.0. The van der Waals surface area contributed by atoms with Crippen molar-refractivity contribution in [3.8, 4) is 0 Å². The van der Waals surface area contributed by atoms with Gasteiger partial charge in [-0.15, -0.1) is 11.3 Å². The molecule has 0 atom stereocenters. The number of carbonyl (C=O) groups excluding carboxylic acids is 2. The number of thiazole rings is 1. The smallest absolute Gasteiger partial charge is 0.313 e. The van der Waals surface area contributed by atoms with Crippen LogP contribution in [0.3, 0.4) is 0 Å². The van der Waals surface area contributed by atoms with Crippen LogP contribution in [0.1, 0.15) is 51.0 Å². The number of hydrogen-bond acceptors (Lipinski definition) is 5. The van der Waals surface area contributed by atoms with Gasteiger partial charge in [0.2, 0.25) is 0 Å². The van der Waals surface area contributed by atoms with Crippen molar-refractivity contribution in [3.63, 3.8) is 0 Å². The molecule has 1 aliphatic carbocycles. The van der Waals surface area contributed by atoms with Gasteiger partial charge in [-0.1, -0.05) is 45.2 Å². The number of para-hydroxylation sites is 1. The van der Waals surface area contributed by atoms with Crippen LogP contribution in [0.15, 0.2) is 24.3 Å². The normalized spacial score (nSPS) is 16.4. The first kappa shape index (κ1) is 19.8. The van der Waals surface area contributed by atoms with E-state index < -0.39 is 5.41 Å². The fourth-order valence-electron chi connectivity index (χ4n) is 3.62. The molecule has 1 amide bonds. The second-order valence-corrected chi connectivity index (χ2v) is 8.98. The molecular formula is C21H28N2O3S. The molecule has 1 saturated carbocycles. The summed E-state index contributed by atoms with van der Waals surface area (Å²) in [5.41, 5.74) is 0.426. The van der Waals surface area contributed by atoms with E-state index in [0.717, 1.165) is 47.3 Å². The van der Waals surface area contributed by atoms with Crippen molar-refractivity contribution < 1.29 is 14.3 Å². The van der Waals surface area contributed by atoms with Gasteiger partial charge in [-0.2, -0.15) is 0 Å². The zero-order chi connectivity index (χ0) is 19.3. The van der Waals surface area contributed by atoms with Gasteiger partial charge >= 0.3 is 5.97 Å². The SMILES string of the molecule is CC(C)CNC(=O)COC(=O)C1(Cc2nc3ccccc3s2)CCCCC1. The lowest BCUT2D eigenvalue weighted by Gasteiger charge is -2.34. The molecule has 27 heavy (non-hydrogen) atoms. The second kappa shape index (κ2) is 8.83. The van der Waals surface area contributed by atoms with Crippen LogP contribution >= 0.6 is 11.3 Å². The topological polar surface area (TPSA) is 68.3 Å². The van der Waals surface area contributed by atoms with Gasteiger partial charge < -0.3 is 10.1 Å². The molecule has 2 aromatic rings. The molecule has 0 aliphatic heterocycles. The maximum absolute atomic E-state index is 13.0. The highest BCUT2D eigenvalue weighted by Gasteiger charge is 2.42. The first-order valence-corrected chi connectivity index (χ1v) is 10.6. The molecule has 0 radical (unpaired) electrons. The zero-order valence-corrected chi connectivity index (χ0v) is 16.9. The quantitative estimate of drug-likeness (QED) is 0.725. The summed E-state index contributed by atoms with van der Waals surface area (Å²) in [6.07, 6.45) is 5.37. The molecular weight excluding hydrogens is 360 g/mol. The molecule has 1 aromatic heterocycles. The summed E-state index contributed by atoms with van der Waals surface area (Å²) in [6, 6.07) is 8.04. The first-order valence-electron chi connectivity index (χ1n) is 9.77. The minimum atomic E-state index is -0.551. The average molecular weight is 389 g/mol. The number of benzene rings is 1. The van der Waals surface area contributed by atoms with Crippen LogP contribution in [0.4, 0.5) is 0 Å². The van der Waals surface area contributed by atoms with Crippen molar-refractivity contribution in [1.29, 1.82) is 0 Å². The lowest BCUT2D eigenvalue weighted by atomic mass is 9.72. The zero-order valence-electron chi connectivity index (χ0n) is 16.1. The van der Waals surface area contributed by atoms with Gasteiger partial charge in [0.15, 0.2) is 6.61 Å². The van der Waals surface area contributed by atoms with Crippen LogP contribution in [0, 0.1) is 11.3 Å². The largest absolute Gasteiger partial charge is 0.455 e. The van der Waals surface area contributed by atoms with E-state index in [-0.39, 0.29) is 18.5 Å². The van der Waals surface area contributed by atoms with Crippen LogP contribution in [0.2, 0.25) is 0 Å². The van der Waals surface area contributed by atoms with Crippen LogP contribution in [-0.2, 0) is 20.7 Å². The molecule has 0 saturated heterocycles. The van der Waals surface area contributed by atoms with Gasteiger partial charge in [0.05, 0.1) is 20.6 Å². The van der Waals surface area contributed by atoms with E-state index >= 15 is 0 Å². The molecule has 1 aliphatic rings. The summed E-state index contributed by atoms with van der Waals surface area (Å²) in [4.78, 5) is 29.6. The average Bonchev–Trinajstić information content (AvgIpc) is 3.07. The number of carbonyl (C=O) groups is 2. The van der Waals surface area contributed by atoms with Crippen LogP contribution in [0.5, 0.6) is 0 Å². The van der Waals surface area contributed by atoms with E-state index in [2.05, 4.69) is 11.4 Å². The molecule has 1 heterocycles. The van der Waals surface area contributed by atoms with E-state index in [1.165, 1.54) is 0 Å². The van der Waals surface area contributed by atoms with E-state index in [1.54, 1.807) is 11.3 Å². The highest BCUT2D eigenvalue weighted by atomic mass is 32.1. The summed E-state index contributed by atoms with van der Waals surface area (Å²) >= 11 is 1.64. The van der Waals surface area contributed by atoms with Crippen LogP contribution in [0.25, 0.3) is 10.2 Å². The number of hydrogen-bond donors (Lipinski definition) is 1. The van der Waals surface area contributed by atoms with E-state index in [9.17, 15) is 9.59 Å². The molecule has 1 N–H and O–H groups in total. The van der Waals surface area contributed by atoms with Crippen molar-refractivity contribution in [2.75, 3.05) is 13.2 Å². The Morgan fingerprint density at radius 2 is 1.96 bits per heavy atom. The highest BCUT2D eigenvalue weighted by Crippen LogP contribution is 2.41. The van der Waals surface area contributed by atoms with Crippen LogP contribution < -0.4 is 5.32 Å². The number of rotatable bonds is 7. The highest BCUT2D eigenvalue weighted by molar-refractivity contribution is 7.18. The van der Waals surface area contributed by atoms with Gasteiger partial charge in [-0.25, -0.2) is 4.98 Å². The molecule has 3 rings (SSSR count). The number of nitrogens with zero attached hydrogens (tertiary/aromatic N) is 1. The minimum absolute atomic E-state index is 0.201. The third kappa shape index (κ3) is 5.06. The Bertz CT molecular complexity index is 761. The van der Waals surface area contributed by atoms with E-state index in [4.69, 9.17) is 9.72 Å². The number of ether oxygens (including phenoxy) is 1. The fraction of sp³-hybridized carbons (Fsp3) is 0.571. The Kier molecular flexibility index (Phi) is 6.47. The second-order valence-electron chi connectivity index (χ2n) is 7.87. The minimum Gasteiger partial charge on any atom is -0.455 e. The van der Waals surface area contributed by atoms with Crippen molar-refractivity contribution in [1.82, 2.24) is 10.3 Å². The standard InChI is InChI=1S/C21H28N2O3S/c1-15(2)13-22-18(24)14-26-20(25)21(10-6-3-7-11-21)12-19-23-16-8-4-5-9-17(16)27-19/h4-5,8-9,15H,3,6-7,10-14H2,1-2H3,(H,22,24). The van der Waals surface area contributed by atoms with Crippen LogP contribution in [-0.4, -0.2) is 30.0 Å². The van der Waals surface area contributed by atoms with Crippen molar-refractivity contribution >= 4 is 33.4 Å². The lowest BCUT2D eigenvalue weighted by molar-refractivity contribution is -0.161. The number of nitrogens with one attached hydrogen (secondary N) is 1. The van der Waals surface area contributed by atoms with Gasteiger partial charge in [0.1, 0.15) is 0 Å². The monoisotopic (exact) mass is 388 g/mol. The molecule has 6 heteroatoms. The molecule has 146 valence electrons. The number of aromatic nitrogens is 1. The van der Waals surface area contributed by atoms with Crippen molar-refractivity contribution in [3.05, 3.63) is 29.3 Å². The van der Waals surface area contributed by atoms with Gasteiger partial charge in [0, 0.05) is 13.0 Å². The molecule has 0 spiro atoms. The molecule has 5 nitrogen and oxygen atoms in total.